The van der Waals surface area contributed by atoms with Gasteiger partial charge in [-0.1, -0.05) is 24.3 Å². The predicted octanol–water partition coefficient (Wildman–Crippen LogP) is -0.415. The summed E-state index contributed by atoms with van der Waals surface area (Å²) in [6.45, 7) is -0.331. The molecule has 0 aliphatic heterocycles. The summed E-state index contributed by atoms with van der Waals surface area (Å²) in [5.74, 6) is 0. The second kappa shape index (κ2) is 6.40. The second-order valence-corrected chi connectivity index (χ2v) is 5.20. The minimum atomic E-state index is -2.04. The third kappa shape index (κ3) is 3.70. The first-order valence-corrected chi connectivity index (χ1v) is 6.78. The molecule has 0 saturated carbocycles. The van der Waals surface area contributed by atoms with Crippen LogP contribution in [-0.2, 0) is 11.2 Å². The normalized spacial score (nSPS) is 21.2. The number of carbonyl (C=O) groups excluding carboxylic acids is 1. The monoisotopic (exact) mass is 295 g/mol. The molecule has 6 N–H and O–H groups in total. The number of ether oxygens (including phenoxy) is 1. The molecule has 1 aliphatic rings. The smallest absolute Gasteiger partial charge is 0.315 e. The highest BCUT2D eigenvalue weighted by Crippen LogP contribution is 2.30. The van der Waals surface area contributed by atoms with Gasteiger partial charge < -0.3 is 25.6 Å². The average molecular weight is 295 g/mol. The van der Waals surface area contributed by atoms with E-state index in [-0.39, 0.29) is 12.6 Å². The highest BCUT2D eigenvalue weighted by molar-refractivity contribution is 5.74. The molecule has 2 amide bonds. The van der Waals surface area contributed by atoms with Crippen molar-refractivity contribution < 1.29 is 19.7 Å². The number of rotatable bonds is 5. The molecule has 7 nitrogen and oxygen atoms in total. The number of carbonyl (C=O) groups is 1. The van der Waals surface area contributed by atoms with E-state index >= 15 is 0 Å². The Morgan fingerprint density at radius 3 is 3.00 bits per heavy atom. The van der Waals surface area contributed by atoms with E-state index in [1.807, 2.05) is 24.3 Å². The summed E-state index contributed by atoms with van der Waals surface area (Å²) < 4.78 is 4.54. The summed E-state index contributed by atoms with van der Waals surface area (Å²) in [5.41, 5.74) is 5.73. The van der Waals surface area contributed by atoms with Crippen molar-refractivity contribution >= 4 is 6.03 Å². The quantitative estimate of drug-likeness (QED) is 0.473. The maximum Gasteiger partial charge on any atom is 0.315 e. The van der Waals surface area contributed by atoms with Gasteiger partial charge in [-0.05, 0) is 24.0 Å². The van der Waals surface area contributed by atoms with Gasteiger partial charge in [0, 0.05) is 7.11 Å². The van der Waals surface area contributed by atoms with Gasteiger partial charge in [0.2, 0.25) is 0 Å². The molecule has 1 aromatic carbocycles. The fraction of sp³-hybridized carbons (Fsp3) is 0.500. The number of hydrogen-bond acceptors (Lipinski definition) is 5. The zero-order valence-corrected chi connectivity index (χ0v) is 11.9. The van der Waals surface area contributed by atoms with Crippen LogP contribution in [0.4, 0.5) is 4.79 Å². The van der Waals surface area contributed by atoms with E-state index < -0.39 is 18.0 Å². The number of benzene rings is 1. The minimum Gasteiger partial charge on any atom is -0.370 e. The van der Waals surface area contributed by atoms with Gasteiger partial charge in [0.1, 0.15) is 0 Å². The van der Waals surface area contributed by atoms with Crippen LogP contribution in [0, 0.1) is 0 Å². The third-order valence-electron chi connectivity index (χ3n) is 3.62. The highest BCUT2D eigenvalue weighted by Gasteiger charge is 2.32. The molecule has 0 bridgehead atoms. The van der Waals surface area contributed by atoms with E-state index in [1.54, 1.807) is 0 Å². The predicted molar refractivity (Wildman–Crippen MR) is 76.2 cm³/mol. The Balaban J connectivity index is 1.86. The standard InChI is InChI=1S/C14H21N3O4/c1-21-12(18)14(15,20)8-16-13(19)17-11-7-6-9-4-2-3-5-10(9)11/h2-5,11-12,18,20H,6-8,15H2,1H3,(H2,16,17,19)/t11-,12?,14?/m1/s1. The van der Waals surface area contributed by atoms with Crippen LogP contribution in [0.25, 0.3) is 0 Å². The van der Waals surface area contributed by atoms with Crippen LogP contribution in [0.3, 0.4) is 0 Å². The van der Waals surface area contributed by atoms with Crippen molar-refractivity contribution in [3.05, 3.63) is 35.4 Å². The molecule has 1 aliphatic carbocycles. The molecule has 116 valence electrons. The summed E-state index contributed by atoms with van der Waals surface area (Å²) in [4.78, 5) is 11.9. The van der Waals surface area contributed by atoms with Gasteiger partial charge in [0.25, 0.3) is 0 Å². The van der Waals surface area contributed by atoms with Crippen LogP contribution in [0.15, 0.2) is 24.3 Å². The number of urea groups is 1. The number of nitrogens with one attached hydrogen (secondary N) is 2. The van der Waals surface area contributed by atoms with Gasteiger partial charge in [-0.2, -0.15) is 0 Å². The summed E-state index contributed by atoms with van der Waals surface area (Å²) in [7, 11) is 1.21. The van der Waals surface area contributed by atoms with Gasteiger partial charge in [0.05, 0.1) is 12.6 Å². The van der Waals surface area contributed by atoms with Crippen molar-refractivity contribution in [2.75, 3.05) is 13.7 Å². The van der Waals surface area contributed by atoms with Crippen molar-refractivity contribution in [1.29, 1.82) is 0 Å². The van der Waals surface area contributed by atoms with Crippen molar-refractivity contribution in [2.45, 2.75) is 30.9 Å². The summed E-state index contributed by atoms with van der Waals surface area (Å²) in [6, 6.07) is 7.43. The first kappa shape index (κ1) is 15.7. The van der Waals surface area contributed by atoms with Crippen molar-refractivity contribution in [3.63, 3.8) is 0 Å². The molecular formula is C14H21N3O4. The van der Waals surface area contributed by atoms with Crippen molar-refractivity contribution in [3.8, 4) is 0 Å². The molecule has 0 spiro atoms. The summed E-state index contributed by atoms with van der Waals surface area (Å²) in [5, 5.41) is 24.3. The lowest BCUT2D eigenvalue weighted by Gasteiger charge is -2.27. The lowest BCUT2D eigenvalue weighted by atomic mass is 10.1. The van der Waals surface area contributed by atoms with Crippen LogP contribution < -0.4 is 16.4 Å². The topological polar surface area (TPSA) is 117 Å². The van der Waals surface area contributed by atoms with Gasteiger partial charge in [0.15, 0.2) is 12.0 Å². The average Bonchev–Trinajstić information content (AvgIpc) is 2.88. The number of amides is 2. The zero-order chi connectivity index (χ0) is 15.5. The van der Waals surface area contributed by atoms with Crippen LogP contribution in [0.2, 0.25) is 0 Å². The van der Waals surface area contributed by atoms with Gasteiger partial charge in [-0.25, -0.2) is 4.79 Å². The maximum atomic E-state index is 11.9. The Kier molecular flexibility index (Phi) is 4.79. The number of aliphatic hydroxyl groups excluding tert-OH is 1. The lowest BCUT2D eigenvalue weighted by Crippen LogP contribution is -2.59. The molecular weight excluding hydrogens is 274 g/mol. The molecule has 7 heteroatoms. The number of methoxy groups -OCH3 is 1. The molecule has 0 fully saturated rings. The van der Waals surface area contributed by atoms with E-state index in [4.69, 9.17) is 5.73 Å². The van der Waals surface area contributed by atoms with Gasteiger partial charge in [-0.15, -0.1) is 0 Å². The number of aliphatic hydroxyl groups is 2. The maximum absolute atomic E-state index is 11.9. The SMILES string of the molecule is COC(O)C(N)(O)CNC(=O)N[C@@H]1CCc2ccccc21. The fourth-order valence-electron chi connectivity index (χ4n) is 2.43. The van der Waals surface area contributed by atoms with Crippen LogP contribution >= 0.6 is 0 Å². The second-order valence-electron chi connectivity index (χ2n) is 5.20. The molecule has 1 aromatic rings. The molecule has 0 radical (unpaired) electrons. The Morgan fingerprint density at radius 1 is 1.57 bits per heavy atom. The zero-order valence-electron chi connectivity index (χ0n) is 11.9. The Labute approximate surface area is 123 Å². The van der Waals surface area contributed by atoms with E-state index in [1.165, 1.54) is 12.7 Å². The van der Waals surface area contributed by atoms with Crippen molar-refractivity contribution in [1.82, 2.24) is 10.6 Å². The molecule has 0 aromatic heterocycles. The van der Waals surface area contributed by atoms with Crippen molar-refractivity contribution in [2.24, 2.45) is 5.73 Å². The number of nitrogens with two attached hydrogens (primary N) is 1. The molecule has 0 heterocycles. The lowest BCUT2D eigenvalue weighted by molar-refractivity contribution is -0.194. The van der Waals surface area contributed by atoms with Gasteiger partial charge in [-0.3, -0.25) is 5.73 Å². The Hall–Kier alpha value is -1.67. The van der Waals surface area contributed by atoms with E-state index in [0.29, 0.717) is 0 Å². The van der Waals surface area contributed by atoms with Crippen LogP contribution in [-0.4, -0.2) is 41.9 Å². The molecule has 2 unspecified atom stereocenters. The molecule has 0 saturated heterocycles. The first-order valence-electron chi connectivity index (χ1n) is 6.78. The molecule has 21 heavy (non-hydrogen) atoms. The Morgan fingerprint density at radius 2 is 2.29 bits per heavy atom. The summed E-state index contributed by atoms with van der Waals surface area (Å²) >= 11 is 0. The minimum absolute atomic E-state index is 0.0561. The largest absolute Gasteiger partial charge is 0.370 e. The number of fused-ring (bicyclic) bond motifs is 1. The van der Waals surface area contributed by atoms with Crippen LogP contribution in [0.1, 0.15) is 23.6 Å². The van der Waals surface area contributed by atoms with E-state index in [0.717, 1.165) is 18.4 Å². The Bertz CT molecular complexity index is 507. The first-order chi connectivity index (χ1) is 9.94. The van der Waals surface area contributed by atoms with Gasteiger partial charge >= 0.3 is 6.03 Å². The number of hydrogen-bond donors (Lipinski definition) is 5. The highest BCUT2D eigenvalue weighted by atomic mass is 16.6. The molecule has 3 atom stereocenters. The fourth-order valence-corrected chi connectivity index (χ4v) is 2.43. The van der Waals surface area contributed by atoms with E-state index in [2.05, 4.69) is 15.4 Å². The number of aryl methyl sites for hydroxylation is 1. The summed E-state index contributed by atoms with van der Waals surface area (Å²) in [6.07, 6.45) is 0.176. The van der Waals surface area contributed by atoms with Crippen LogP contribution in [0.5, 0.6) is 0 Å². The third-order valence-corrected chi connectivity index (χ3v) is 3.62. The molecule has 2 rings (SSSR count). The van der Waals surface area contributed by atoms with E-state index in [9.17, 15) is 15.0 Å².